The van der Waals surface area contributed by atoms with E-state index < -0.39 is 5.97 Å². The van der Waals surface area contributed by atoms with Gasteiger partial charge in [0.1, 0.15) is 22.8 Å². The molecule has 0 fully saturated rings. The highest BCUT2D eigenvalue weighted by Gasteiger charge is 2.28. The maximum absolute atomic E-state index is 12.0. The number of hydrogen-bond donors (Lipinski definition) is 1. The Morgan fingerprint density at radius 3 is 2.76 bits per heavy atom. The topological polar surface area (TPSA) is 72.8 Å². The summed E-state index contributed by atoms with van der Waals surface area (Å²) in [5, 5.41) is 10.0. The van der Waals surface area contributed by atoms with E-state index in [1.807, 2.05) is 19.9 Å². The molecular formula is C16H18O5. The van der Waals surface area contributed by atoms with Crippen LogP contribution in [-0.2, 0) is 11.2 Å². The number of phenolic OH excluding ortho intramolecular Hbond substituents is 1. The van der Waals surface area contributed by atoms with Gasteiger partial charge in [0, 0.05) is 25.0 Å². The van der Waals surface area contributed by atoms with E-state index in [4.69, 9.17) is 9.47 Å². The average Bonchev–Trinajstić information content (AvgIpc) is 2.36. The van der Waals surface area contributed by atoms with Crippen molar-refractivity contribution < 1.29 is 24.2 Å². The number of esters is 1. The molecule has 5 nitrogen and oxygen atoms in total. The number of ether oxygens (including phenoxy) is 2. The Kier molecular flexibility index (Phi) is 4.31. The first-order chi connectivity index (χ1) is 9.90. The fourth-order valence-corrected chi connectivity index (χ4v) is 2.21. The van der Waals surface area contributed by atoms with Gasteiger partial charge >= 0.3 is 5.97 Å². The molecule has 5 heteroatoms. The zero-order chi connectivity index (χ0) is 15.6. The number of hydrogen-bond acceptors (Lipinski definition) is 5. The van der Waals surface area contributed by atoms with E-state index in [1.165, 1.54) is 13.0 Å². The van der Waals surface area contributed by atoms with Crippen molar-refractivity contribution in [2.45, 2.75) is 33.6 Å². The summed E-state index contributed by atoms with van der Waals surface area (Å²) in [7, 11) is 0. The van der Waals surface area contributed by atoms with Gasteiger partial charge in [0.05, 0.1) is 6.61 Å². The van der Waals surface area contributed by atoms with Gasteiger partial charge in [-0.05, 0) is 20.3 Å². The van der Waals surface area contributed by atoms with Crippen LogP contribution in [0.15, 0.2) is 17.7 Å². The van der Waals surface area contributed by atoms with E-state index in [0.717, 1.165) is 5.57 Å². The van der Waals surface area contributed by atoms with E-state index in [9.17, 15) is 14.7 Å². The van der Waals surface area contributed by atoms with Crippen molar-refractivity contribution >= 4 is 11.8 Å². The summed E-state index contributed by atoms with van der Waals surface area (Å²) in [4.78, 5) is 23.2. The monoisotopic (exact) mass is 290 g/mol. The number of benzene rings is 1. The lowest BCUT2D eigenvalue weighted by atomic mass is 9.97. The standard InChI is InChI=1S/C16H18O5/c1-9(2)4-5-11-14(21-10(3)17)8-13(19)15-12(18)6-7-20-16(11)15/h4,8,19H,5-7H2,1-3H3. The second-order valence-electron chi connectivity index (χ2n) is 5.18. The van der Waals surface area contributed by atoms with E-state index in [1.54, 1.807) is 0 Å². The number of Topliss-reactive ketones (excluding diaryl/α,β-unsaturated/α-hetero) is 1. The van der Waals surface area contributed by atoms with Crippen molar-refractivity contribution in [2.75, 3.05) is 6.61 Å². The molecule has 1 N–H and O–H groups in total. The van der Waals surface area contributed by atoms with Crippen LogP contribution < -0.4 is 9.47 Å². The zero-order valence-corrected chi connectivity index (χ0v) is 12.4. The van der Waals surface area contributed by atoms with Crippen molar-refractivity contribution in [1.29, 1.82) is 0 Å². The molecule has 0 aliphatic carbocycles. The molecule has 1 aliphatic rings. The van der Waals surface area contributed by atoms with Gasteiger partial charge in [-0.2, -0.15) is 0 Å². The predicted molar refractivity (Wildman–Crippen MR) is 77.0 cm³/mol. The van der Waals surface area contributed by atoms with E-state index in [-0.39, 0.29) is 35.9 Å². The van der Waals surface area contributed by atoms with Crippen LogP contribution in [0.2, 0.25) is 0 Å². The number of ketones is 1. The van der Waals surface area contributed by atoms with Crippen LogP contribution in [0.4, 0.5) is 0 Å². The predicted octanol–water partition coefficient (Wildman–Crippen LogP) is 2.79. The lowest BCUT2D eigenvalue weighted by molar-refractivity contribution is -0.131. The Labute approximate surface area is 123 Å². The van der Waals surface area contributed by atoms with Crippen molar-refractivity contribution in [3.8, 4) is 17.2 Å². The van der Waals surface area contributed by atoms with Crippen LogP contribution in [0.1, 0.15) is 43.1 Å². The third-order valence-corrected chi connectivity index (χ3v) is 3.15. The van der Waals surface area contributed by atoms with Gasteiger partial charge in [0.2, 0.25) is 0 Å². The first-order valence-corrected chi connectivity index (χ1v) is 6.76. The van der Waals surface area contributed by atoms with Crippen molar-refractivity contribution in [3.63, 3.8) is 0 Å². The minimum Gasteiger partial charge on any atom is -0.507 e. The summed E-state index contributed by atoms with van der Waals surface area (Å²) >= 11 is 0. The van der Waals surface area contributed by atoms with Crippen LogP contribution >= 0.6 is 0 Å². The second-order valence-corrected chi connectivity index (χ2v) is 5.18. The molecule has 0 unspecified atom stereocenters. The van der Waals surface area contributed by atoms with Gasteiger partial charge in [-0.25, -0.2) is 0 Å². The van der Waals surface area contributed by atoms with Crippen molar-refractivity contribution in [2.24, 2.45) is 0 Å². The molecule has 0 saturated heterocycles. The highest BCUT2D eigenvalue weighted by Crippen LogP contribution is 2.42. The Morgan fingerprint density at radius 2 is 2.14 bits per heavy atom. The van der Waals surface area contributed by atoms with Crippen LogP contribution in [0, 0.1) is 0 Å². The molecule has 1 aromatic rings. The summed E-state index contributed by atoms with van der Waals surface area (Å²) < 4.78 is 10.7. The largest absolute Gasteiger partial charge is 0.507 e. The van der Waals surface area contributed by atoms with Crippen LogP contribution in [0.25, 0.3) is 0 Å². The number of rotatable bonds is 3. The zero-order valence-electron chi connectivity index (χ0n) is 12.4. The van der Waals surface area contributed by atoms with Crippen LogP contribution in [0.3, 0.4) is 0 Å². The normalized spacial score (nSPS) is 13.2. The number of fused-ring (bicyclic) bond motifs is 1. The van der Waals surface area contributed by atoms with Gasteiger partial charge < -0.3 is 14.6 Å². The minimum absolute atomic E-state index is 0.165. The van der Waals surface area contributed by atoms with Gasteiger partial charge in [-0.15, -0.1) is 0 Å². The fourth-order valence-electron chi connectivity index (χ4n) is 2.21. The molecule has 1 aliphatic heterocycles. The second kappa shape index (κ2) is 5.99. The molecule has 0 amide bonds. The van der Waals surface area contributed by atoms with Crippen molar-refractivity contribution in [3.05, 3.63) is 28.8 Å². The first-order valence-electron chi connectivity index (χ1n) is 6.76. The Bertz CT molecular complexity index is 624. The lowest BCUT2D eigenvalue weighted by Gasteiger charge is -2.22. The summed E-state index contributed by atoms with van der Waals surface area (Å²) in [5.74, 6) is -0.325. The third-order valence-electron chi connectivity index (χ3n) is 3.15. The van der Waals surface area contributed by atoms with Crippen LogP contribution in [0.5, 0.6) is 17.2 Å². The van der Waals surface area contributed by atoms with Gasteiger partial charge in [-0.1, -0.05) is 11.6 Å². The molecular weight excluding hydrogens is 272 g/mol. The highest BCUT2D eigenvalue weighted by atomic mass is 16.5. The number of carbonyl (C=O) groups is 2. The Balaban J connectivity index is 2.60. The quantitative estimate of drug-likeness (QED) is 0.526. The number of carbonyl (C=O) groups excluding carboxylic acids is 2. The average molecular weight is 290 g/mol. The molecule has 1 heterocycles. The first kappa shape index (κ1) is 15.1. The number of aromatic hydroxyl groups is 1. The SMILES string of the molecule is CC(=O)Oc1cc(O)c2c(c1CC=C(C)C)OCCC2=O. The Hall–Kier alpha value is -2.30. The number of phenols is 1. The summed E-state index contributed by atoms with van der Waals surface area (Å²) in [6, 6.07) is 1.31. The maximum Gasteiger partial charge on any atom is 0.308 e. The molecule has 0 atom stereocenters. The molecule has 1 aromatic carbocycles. The summed E-state index contributed by atoms with van der Waals surface area (Å²) in [6.45, 7) is 5.44. The smallest absolute Gasteiger partial charge is 0.308 e. The van der Waals surface area contributed by atoms with Gasteiger partial charge in [-0.3, -0.25) is 9.59 Å². The van der Waals surface area contributed by atoms with Gasteiger partial charge in [0.25, 0.3) is 0 Å². The minimum atomic E-state index is -0.491. The van der Waals surface area contributed by atoms with Gasteiger partial charge in [0.15, 0.2) is 5.78 Å². The van der Waals surface area contributed by atoms with Crippen molar-refractivity contribution in [1.82, 2.24) is 0 Å². The molecule has 0 spiro atoms. The Morgan fingerprint density at radius 1 is 1.43 bits per heavy atom. The molecule has 0 radical (unpaired) electrons. The van der Waals surface area contributed by atoms with E-state index in [0.29, 0.717) is 17.7 Å². The molecule has 0 saturated carbocycles. The van der Waals surface area contributed by atoms with Crippen LogP contribution in [-0.4, -0.2) is 23.5 Å². The molecule has 112 valence electrons. The third kappa shape index (κ3) is 3.24. The molecule has 21 heavy (non-hydrogen) atoms. The molecule has 2 rings (SSSR count). The highest BCUT2D eigenvalue weighted by molar-refractivity contribution is 6.03. The summed E-state index contributed by atoms with van der Waals surface area (Å²) in [6.07, 6.45) is 2.64. The fraction of sp³-hybridized carbons (Fsp3) is 0.375. The van der Waals surface area contributed by atoms with E-state index in [2.05, 4.69) is 0 Å². The number of allylic oxidation sites excluding steroid dienone is 2. The molecule has 0 bridgehead atoms. The summed E-state index contributed by atoms with van der Waals surface area (Å²) in [5.41, 5.74) is 1.87. The van der Waals surface area contributed by atoms with E-state index >= 15 is 0 Å². The molecule has 0 aromatic heterocycles. The maximum atomic E-state index is 12.0. The lowest BCUT2D eigenvalue weighted by Crippen LogP contribution is -2.18.